The fraction of sp³-hybridized carbons (Fsp3) is 0.152. The first-order chi connectivity index (χ1) is 24.9. The third-order valence-electron chi connectivity index (χ3n) is 10.5. The van der Waals surface area contributed by atoms with Crippen LogP contribution >= 0.6 is 0 Å². The maximum absolute atomic E-state index is 10.2. The SMILES string of the molecule is C/C=C(/C#N)C1C(C)c2cc(C#N)ccc2N1c1ccc(-c2cc(C#N)cc(-c3ccccc3-n3c4c(c5ccccc53)CC(C)C=C4)c2)cc1. The van der Waals surface area contributed by atoms with E-state index in [9.17, 15) is 15.8 Å². The van der Waals surface area contributed by atoms with Gasteiger partial charge >= 0.3 is 0 Å². The van der Waals surface area contributed by atoms with Crippen molar-refractivity contribution < 1.29 is 0 Å². The number of anilines is 2. The molecule has 0 amide bonds. The quantitative estimate of drug-likeness (QED) is 0.173. The van der Waals surface area contributed by atoms with E-state index < -0.39 is 0 Å². The lowest BCUT2D eigenvalue weighted by atomic mass is 9.91. The van der Waals surface area contributed by atoms with Gasteiger partial charge in [0, 0.05) is 39.5 Å². The molecule has 1 aliphatic heterocycles. The average Bonchev–Trinajstić information content (AvgIpc) is 3.66. The molecule has 51 heavy (non-hydrogen) atoms. The monoisotopic (exact) mass is 657 g/mol. The number of para-hydroxylation sites is 2. The number of hydrogen-bond acceptors (Lipinski definition) is 4. The number of nitriles is 3. The van der Waals surface area contributed by atoms with Gasteiger partial charge in [-0.25, -0.2) is 0 Å². The van der Waals surface area contributed by atoms with Crippen molar-refractivity contribution in [3.63, 3.8) is 0 Å². The Morgan fingerprint density at radius 3 is 2.25 bits per heavy atom. The lowest BCUT2D eigenvalue weighted by Gasteiger charge is -2.29. The zero-order valence-corrected chi connectivity index (χ0v) is 28.8. The minimum absolute atomic E-state index is 0.0238. The van der Waals surface area contributed by atoms with Crippen molar-refractivity contribution in [3.05, 3.63) is 155 Å². The highest BCUT2D eigenvalue weighted by Gasteiger charge is 2.39. The summed E-state index contributed by atoms with van der Waals surface area (Å²) in [7, 11) is 0. The topological polar surface area (TPSA) is 79.5 Å². The van der Waals surface area contributed by atoms with Crippen LogP contribution in [0.2, 0.25) is 0 Å². The molecular weight excluding hydrogens is 623 g/mol. The van der Waals surface area contributed by atoms with E-state index in [1.807, 2.05) is 43.3 Å². The standard InChI is InChI=1S/C46H35N5/c1-4-33(28-49)46-30(3)40-24-31(26-47)14-20-44(40)50(46)37-17-15-34(16-18-37)35-22-32(27-48)23-36(25-35)38-9-5-7-11-42(38)51-43-12-8-6-10-39(43)41-21-29(2)13-19-45(41)51/h4-20,22-25,29-30,46H,21H2,1-3H3/b33-4-. The largest absolute Gasteiger partial charge is 0.332 e. The minimum atomic E-state index is -0.187. The van der Waals surface area contributed by atoms with Gasteiger partial charge in [0.05, 0.1) is 46.6 Å². The third kappa shape index (κ3) is 5.21. The molecule has 6 aromatic rings. The van der Waals surface area contributed by atoms with Gasteiger partial charge in [-0.3, -0.25) is 0 Å². The first-order valence-corrected chi connectivity index (χ1v) is 17.4. The number of rotatable bonds is 5. The summed E-state index contributed by atoms with van der Waals surface area (Å²) in [5, 5.41) is 31.2. The molecule has 5 aromatic carbocycles. The van der Waals surface area contributed by atoms with Crippen LogP contribution < -0.4 is 4.90 Å². The van der Waals surface area contributed by atoms with Crippen LogP contribution in [0, 0.1) is 39.9 Å². The molecule has 0 spiro atoms. The summed E-state index contributed by atoms with van der Waals surface area (Å²) < 4.78 is 2.38. The molecule has 1 aliphatic carbocycles. The molecule has 5 heteroatoms. The van der Waals surface area contributed by atoms with Crippen molar-refractivity contribution in [2.45, 2.75) is 39.2 Å². The summed E-state index contributed by atoms with van der Waals surface area (Å²) >= 11 is 0. The molecule has 2 aliphatic rings. The van der Waals surface area contributed by atoms with Gasteiger partial charge in [0.15, 0.2) is 0 Å². The van der Waals surface area contributed by atoms with Crippen LogP contribution in [0.25, 0.3) is 44.9 Å². The molecule has 0 saturated heterocycles. The Labute approximate surface area is 298 Å². The van der Waals surface area contributed by atoms with E-state index in [1.54, 1.807) is 0 Å². The van der Waals surface area contributed by atoms with E-state index in [1.165, 1.54) is 22.2 Å². The van der Waals surface area contributed by atoms with Crippen LogP contribution in [-0.4, -0.2) is 10.6 Å². The maximum atomic E-state index is 10.2. The Bertz CT molecular complexity index is 2540. The van der Waals surface area contributed by atoms with E-state index in [0.717, 1.165) is 51.3 Å². The average molecular weight is 658 g/mol. The lowest BCUT2D eigenvalue weighted by molar-refractivity contribution is 0.677. The number of benzene rings is 5. The second-order valence-electron chi connectivity index (χ2n) is 13.6. The number of aromatic nitrogens is 1. The molecule has 8 rings (SSSR count). The smallest absolute Gasteiger partial charge is 0.0992 e. The summed E-state index contributed by atoms with van der Waals surface area (Å²) in [5.41, 5.74) is 13.7. The summed E-state index contributed by atoms with van der Waals surface area (Å²) in [6, 6.07) is 44.3. The van der Waals surface area contributed by atoms with Crippen LogP contribution in [-0.2, 0) is 6.42 Å². The van der Waals surface area contributed by atoms with Crippen LogP contribution in [0.1, 0.15) is 54.6 Å². The Hall–Kier alpha value is -6.61. The molecule has 0 saturated carbocycles. The molecule has 244 valence electrons. The highest BCUT2D eigenvalue weighted by Crippen LogP contribution is 2.48. The Balaban J connectivity index is 1.22. The minimum Gasteiger partial charge on any atom is -0.332 e. The Morgan fingerprint density at radius 2 is 1.49 bits per heavy atom. The molecule has 2 heterocycles. The zero-order valence-electron chi connectivity index (χ0n) is 28.8. The van der Waals surface area contributed by atoms with Crippen LogP contribution in [0.15, 0.2) is 127 Å². The van der Waals surface area contributed by atoms with Crippen LogP contribution in [0.4, 0.5) is 11.4 Å². The molecular formula is C46H35N5. The Morgan fingerprint density at radius 1 is 0.745 bits per heavy atom. The number of nitrogens with zero attached hydrogens (tertiary/aromatic N) is 5. The van der Waals surface area contributed by atoms with Gasteiger partial charge < -0.3 is 9.47 Å². The van der Waals surface area contributed by atoms with Crippen molar-refractivity contribution >= 4 is 28.4 Å². The van der Waals surface area contributed by atoms with Crippen molar-refractivity contribution in [1.82, 2.24) is 4.57 Å². The summed E-state index contributed by atoms with van der Waals surface area (Å²) in [6.07, 6.45) is 7.45. The van der Waals surface area contributed by atoms with Crippen molar-refractivity contribution in [3.8, 4) is 46.1 Å². The van der Waals surface area contributed by atoms with Crippen LogP contribution in [0.5, 0.6) is 0 Å². The zero-order chi connectivity index (χ0) is 35.2. The third-order valence-corrected chi connectivity index (χ3v) is 10.5. The number of hydrogen-bond donors (Lipinski definition) is 0. The van der Waals surface area contributed by atoms with E-state index in [-0.39, 0.29) is 12.0 Å². The van der Waals surface area contributed by atoms with Crippen molar-refractivity contribution in [2.24, 2.45) is 5.92 Å². The van der Waals surface area contributed by atoms with Gasteiger partial charge in [-0.2, -0.15) is 15.8 Å². The lowest BCUT2D eigenvalue weighted by Crippen LogP contribution is -2.30. The fourth-order valence-electron chi connectivity index (χ4n) is 8.12. The Kier molecular flexibility index (Phi) is 7.87. The fourth-order valence-corrected chi connectivity index (χ4v) is 8.12. The second kappa shape index (κ2) is 12.7. The normalized spacial score (nSPS) is 17.8. The van der Waals surface area contributed by atoms with Gasteiger partial charge in [0.25, 0.3) is 0 Å². The van der Waals surface area contributed by atoms with E-state index >= 15 is 0 Å². The van der Waals surface area contributed by atoms with Gasteiger partial charge in [-0.15, -0.1) is 0 Å². The number of allylic oxidation sites excluding steroid dienone is 2. The predicted molar refractivity (Wildman–Crippen MR) is 206 cm³/mol. The highest BCUT2D eigenvalue weighted by atomic mass is 15.2. The van der Waals surface area contributed by atoms with Crippen LogP contribution in [0.3, 0.4) is 0 Å². The van der Waals surface area contributed by atoms with Gasteiger partial charge in [0.2, 0.25) is 0 Å². The summed E-state index contributed by atoms with van der Waals surface area (Å²) in [5.74, 6) is 0.506. The summed E-state index contributed by atoms with van der Waals surface area (Å²) in [4.78, 5) is 2.22. The summed E-state index contributed by atoms with van der Waals surface area (Å²) in [6.45, 7) is 6.29. The maximum Gasteiger partial charge on any atom is 0.0992 e. The number of fused-ring (bicyclic) bond motifs is 4. The predicted octanol–water partition coefficient (Wildman–Crippen LogP) is 11.0. The molecule has 0 fully saturated rings. The molecule has 0 radical (unpaired) electrons. The molecule has 3 atom stereocenters. The molecule has 0 N–H and O–H groups in total. The first-order valence-electron chi connectivity index (χ1n) is 17.4. The first kappa shape index (κ1) is 31.6. The van der Waals surface area contributed by atoms with Crippen molar-refractivity contribution in [2.75, 3.05) is 4.90 Å². The molecule has 5 nitrogen and oxygen atoms in total. The van der Waals surface area contributed by atoms with Crippen molar-refractivity contribution in [1.29, 1.82) is 15.8 Å². The molecule has 0 bridgehead atoms. The van der Waals surface area contributed by atoms with E-state index in [2.05, 4.69) is 133 Å². The van der Waals surface area contributed by atoms with Gasteiger partial charge in [0.1, 0.15) is 0 Å². The highest BCUT2D eigenvalue weighted by molar-refractivity contribution is 5.93. The van der Waals surface area contributed by atoms with Gasteiger partial charge in [-0.1, -0.05) is 74.5 Å². The van der Waals surface area contributed by atoms with Gasteiger partial charge in [-0.05, 0) is 114 Å². The second-order valence-corrected chi connectivity index (χ2v) is 13.6. The molecule has 3 unspecified atom stereocenters. The van der Waals surface area contributed by atoms with E-state index in [4.69, 9.17) is 0 Å². The van der Waals surface area contributed by atoms with E-state index in [0.29, 0.717) is 22.6 Å². The molecule has 1 aromatic heterocycles.